The second-order valence-corrected chi connectivity index (χ2v) is 6.25. The van der Waals surface area contributed by atoms with Crippen LogP contribution in [0.15, 0.2) is 54.9 Å². The number of hydrogen-bond acceptors (Lipinski definition) is 3. The molecular weight excluding hydrogens is 319 g/mol. The van der Waals surface area contributed by atoms with Gasteiger partial charge in [-0.25, -0.2) is 9.37 Å². The third kappa shape index (κ3) is 3.25. The Hall–Kier alpha value is -2.73. The van der Waals surface area contributed by atoms with E-state index in [0.717, 1.165) is 18.7 Å². The molecule has 6 heteroatoms. The number of benzene rings is 1. The molecule has 0 saturated carbocycles. The van der Waals surface area contributed by atoms with Crippen molar-refractivity contribution in [2.75, 3.05) is 26.2 Å². The van der Waals surface area contributed by atoms with Gasteiger partial charge in [-0.3, -0.25) is 9.69 Å². The maximum absolute atomic E-state index is 13.8. The van der Waals surface area contributed by atoms with Crippen molar-refractivity contribution in [1.29, 1.82) is 0 Å². The van der Waals surface area contributed by atoms with Crippen LogP contribution < -0.4 is 0 Å². The van der Waals surface area contributed by atoms with Crippen LogP contribution in [-0.2, 0) is 6.54 Å². The van der Waals surface area contributed by atoms with E-state index in [1.807, 2.05) is 45.8 Å². The molecule has 0 atom stereocenters. The van der Waals surface area contributed by atoms with Crippen LogP contribution in [0.5, 0.6) is 0 Å². The van der Waals surface area contributed by atoms with Crippen molar-refractivity contribution in [1.82, 2.24) is 19.2 Å². The first-order chi connectivity index (χ1) is 12.2. The van der Waals surface area contributed by atoms with Gasteiger partial charge in [0.05, 0.1) is 0 Å². The van der Waals surface area contributed by atoms with Gasteiger partial charge < -0.3 is 9.30 Å². The maximum atomic E-state index is 13.8. The van der Waals surface area contributed by atoms with E-state index in [4.69, 9.17) is 0 Å². The van der Waals surface area contributed by atoms with Gasteiger partial charge in [0.2, 0.25) is 0 Å². The summed E-state index contributed by atoms with van der Waals surface area (Å²) in [6.07, 6.45) is 3.65. The molecule has 128 valence electrons. The predicted molar refractivity (Wildman–Crippen MR) is 92.8 cm³/mol. The van der Waals surface area contributed by atoms with E-state index in [1.54, 1.807) is 12.3 Å². The third-order valence-corrected chi connectivity index (χ3v) is 4.59. The molecule has 4 rings (SSSR count). The zero-order chi connectivity index (χ0) is 17.2. The highest BCUT2D eigenvalue weighted by Crippen LogP contribution is 2.14. The Kier molecular flexibility index (Phi) is 4.19. The highest BCUT2D eigenvalue weighted by Gasteiger charge is 2.24. The number of rotatable bonds is 3. The van der Waals surface area contributed by atoms with E-state index in [2.05, 4.69) is 9.88 Å². The summed E-state index contributed by atoms with van der Waals surface area (Å²) in [5.41, 5.74) is 1.93. The topological polar surface area (TPSA) is 40.9 Å². The summed E-state index contributed by atoms with van der Waals surface area (Å²) >= 11 is 0. The summed E-state index contributed by atoms with van der Waals surface area (Å²) in [6.45, 7) is 3.28. The second kappa shape index (κ2) is 6.64. The van der Waals surface area contributed by atoms with Gasteiger partial charge in [0.25, 0.3) is 5.91 Å². The number of aromatic nitrogens is 2. The Bertz CT molecular complexity index is 866. The van der Waals surface area contributed by atoms with E-state index in [1.165, 1.54) is 6.07 Å². The molecule has 0 spiro atoms. The van der Waals surface area contributed by atoms with Gasteiger partial charge in [-0.05, 0) is 18.2 Å². The first-order valence-electron chi connectivity index (χ1n) is 8.39. The van der Waals surface area contributed by atoms with Gasteiger partial charge in [0.1, 0.15) is 17.2 Å². The minimum atomic E-state index is -0.175. The predicted octanol–water partition coefficient (Wildman–Crippen LogP) is 2.43. The second-order valence-electron chi connectivity index (χ2n) is 6.25. The van der Waals surface area contributed by atoms with Crippen LogP contribution in [0.2, 0.25) is 0 Å². The van der Waals surface area contributed by atoms with Crippen molar-refractivity contribution < 1.29 is 9.18 Å². The van der Waals surface area contributed by atoms with Crippen LogP contribution in [0.1, 0.15) is 16.1 Å². The number of nitrogens with zero attached hydrogens (tertiary/aromatic N) is 4. The van der Waals surface area contributed by atoms with Gasteiger partial charge in [0.15, 0.2) is 0 Å². The van der Waals surface area contributed by atoms with Crippen molar-refractivity contribution in [3.05, 3.63) is 71.9 Å². The van der Waals surface area contributed by atoms with Crippen molar-refractivity contribution in [3.8, 4) is 0 Å². The molecule has 1 saturated heterocycles. The molecular formula is C19H19FN4O. The zero-order valence-electron chi connectivity index (χ0n) is 13.8. The van der Waals surface area contributed by atoms with E-state index in [-0.39, 0.29) is 11.7 Å². The summed E-state index contributed by atoms with van der Waals surface area (Å²) in [5, 5.41) is 0. The molecule has 3 heterocycles. The number of fused-ring (bicyclic) bond motifs is 1. The van der Waals surface area contributed by atoms with Crippen molar-refractivity contribution >= 4 is 11.6 Å². The van der Waals surface area contributed by atoms with Gasteiger partial charge >= 0.3 is 0 Å². The maximum Gasteiger partial charge on any atom is 0.274 e. The van der Waals surface area contributed by atoms with Crippen LogP contribution in [0.25, 0.3) is 5.65 Å². The monoisotopic (exact) mass is 338 g/mol. The van der Waals surface area contributed by atoms with E-state index >= 15 is 0 Å². The standard InChI is InChI=1S/C19H19FN4O/c20-16-6-2-1-5-15(16)13-22-9-11-23(12-10-22)19(25)17-14-24-8-4-3-7-18(24)21-17/h1-8,14H,9-13H2. The number of carbonyl (C=O) groups excluding carboxylic acids is 1. The van der Waals surface area contributed by atoms with E-state index < -0.39 is 0 Å². The van der Waals surface area contributed by atoms with Gasteiger partial charge in [-0.2, -0.15) is 0 Å². The van der Waals surface area contributed by atoms with Gasteiger partial charge in [0, 0.05) is 50.7 Å². The number of imidazole rings is 1. The summed E-state index contributed by atoms with van der Waals surface area (Å²) in [5.74, 6) is -0.222. The van der Waals surface area contributed by atoms with Crippen LogP contribution in [0, 0.1) is 5.82 Å². The molecule has 3 aromatic rings. The molecule has 1 fully saturated rings. The first kappa shape index (κ1) is 15.8. The molecule has 0 unspecified atom stereocenters. The largest absolute Gasteiger partial charge is 0.335 e. The van der Waals surface area contributed by atoms with Crippen molar-refractivity contribution in [2.45, 2.75) is 6.54 Å². The number of amides is 1. The lowest BCUT2D eigenvalue weighted by molar-refractivity contribution is 0.0622. The lowest BCUT2D eigenvalue weighted by atomic mass is 10.2. The lowest BCUT2D eigenvalue weighted by Crippen LogP contribution is -2.48. The molecule has 1 amide bonds. The number of carbonyl (C=O) groups is 1. The van der Waals surface area contributed by atoms with E-state index in [0.29, 0.717) is 30.9 Å². The number of halogens is 1. The molecule has 1 aromatic carbocycles. The Morgan fingerprint density at radius 1 is 1.04 bits per heavy atom. The van der Waals surface area contributed by atoms with Gasteiger partial charge in [-0.1, -0.05) is 24.3 Å². The van der Waals surface area contributed by atoms with Gasteiger partial charge in [-0.15, -0.1) is 0 Å². The minimum absolute atomic E-state index is 0.0470. The minimum Gasteiger partial charge on any atom is -0.335 e. The molecule has 0 N–H and O–H groups in total. The molecule has 1 aliphatic rings. The third-order valence-electron chi connectivity index (χ3n) is 4.59. The average molecular weight is 338 g/mol. The molecule has 0 bridgehead atoms. The Morgan fingerprint density at radius 2 is 1.80 bits per heavy atom. The molecule has 25 heavy (non-hydrogen) atoms. The Labute approximate surface area is 145 Å². The van der Waals surface area contributed by atoms with Crippen LogP contribution >= 0.6 is 0 Å². The summed E-state index contributed by atoms with van der Waals surface area (Å²) < 4.78 is 15.6. The quantitative estimate of drug-likeness (QED) is 0.736. The number of pyridine rings is 1. The average Bonchev–Trinajstić information content (AvgIpc) is 3.08. The fourth-order valence-corrected chi connectivity index (χ4v) is 3.18. The molecule has 5 nitrogen and oxygen atoms in total. The normalized spacial score (nSPS) is 15.6. The molecule has 0 aliphatic carbocycles. The van der Waals surface area contributed by atoms with Crippen molar-refractivity contribution in [2.24, 2.45) is 0 Å². The summed E-state index contributed by atoms with van der Waals surface area (Å²) in [7, 11) is 0. The van der Waals surface area contributed by atoms with Crippen LogP contribution in [-0.4, -0.2) is 51.3 Å². The molecule has 1 aliphatic heterocycles. The highest BCUT2D eigenvalue weighted by atomic mass is 19.1. The van der Waals surface area contributed by atoms with E-state index in [9.17, 15) is 9.18 Å². The highest BCUT2D eigenvalue weighted by molar-refractivity contribution is 5.93. The SMILES string of the molecule is O=C(c1cn2ccccc2n1)N1CCN(Cc2ccccc2F)CC1. The fourth-order valence-electron chi connectivity index (χ4n) is 3.18. The number of piperazine rings is 1. The summed E-state index contributed by atoms with van der Waals surface area (Å²) in [4.78, 5) is 21.0. The summed E-state index contributed by atoms with van der Waals surface area (Å²) in [6, 6.07) is 12.5. The van der Waals surface area contributed by atoms with Crippen LogP contribution in [0.4, 0.5) is 4.39 Å². The Morgan fingerprint density at radius 3 is 2.56 bits per heavy atom. The van der Waals surface area contributed by atoms with Crippen molar-refractivity contribution in [3.63, 3.8) is 0 Å². The Balaban J connectivity index is 1.39. The smallest absolute Gasteiger partial charge is 0.274 e. The van der Waals surface area contributed by atoms with Crippen LogP contribution in [0.3, 0.4) is 0 Å². The zero-order valence-corrected chi connectivity index (χ0v) is 13.8. The number of hydrogen-bond donors (Lipinski definition) is 0. The first-order valence-corrected chi connectivity index (χ1v) is 8.39. The molecule has 2 aromatic heterocycles. The molecule has 0 radical (unpaired) electrons. The lowest BCUT2D eigenvalue weighted by Gasteiger charge is -2.34. The fraction of sp³-hybridized carbons (Fsp3) is 0.263.